The summed E-state index contributed by atoms with van der Waals surface area (Å²) in [6, 6.07) is 20.4. The molecule has 0 radical (unpaired) electrons. The van der Waals surface area contributed by atoms with Gasteiger partial charge in [-0.1, -0.05) is 73.0 Å². The molecule has 10 heteroatoms. The van der Waals surface area contributed by atoms with E-state index in [1.165, 1.54) is 35.2 Å². The van der Waals surface area contributed by atoms with E-state index in [2.05, 4.69) is 5.32 Å². The van der Waals surface area contributed by atoms with Crippen LogP contribution in [0.1, 0.15) is 36.8 Å². The predicted molar refractivity (Wildman–Crippen MR) is 155 cm³/mol. The zero-order valence-electron chi connectivity index (χ0n) is 22.3. The fourth-order valence-corrected chi connectivity index (χ4v) is 5.93. The highest BCUT2D eigenvalue weighted by Gasteiger charge is 2.34. The van der Waals surface area contributed by atoms with Crippen LogP contribution in [-0.2, 0) is 32.6 Å². The first-order chi connectivity index (χ1) is 19.1. The van der Waals surface area contributed by atoms with Crippen LogP contribution in [0, 0.1) is 5.82 Å². The zero-order valence-corrected chi connectivity index (χ0v) is 23.9. The van der Waals surface area contributed by atoms with Gasteiger partial charge in [0.2, 0.25) is 21.8 Å². The molecule has 3 aromatic carbocycles. The largest absolute Gasteiger partial charge is 0.352 e. The second kappa shape index (κ2) is 13.3. The molecule has 1 N–H and O–H groups in total. The van der Waals surface area contributed by atoms with Gasteiger partial charge in [-0.2, -0.15) is 0 Å². The molecular weight excluding hydrogens is 553 g/mol. The van der Waals surface area contributed by atoms with Gasteiger partial charge in [0, 0.05) is 29.6 Å². The number of amides is 2. The average Bonchev–Trinajstić information content (AvgIpc) is 3.44. The molecule has 7 nitrogen and oxygen atoms in total. The van der Waals surface area contributed by atoms with E-state index in [1.807, 2.05) is 30.3 Å². The summed E-state index contributed by atoms with van der Waals surface area (Å²) >= 11 is 5.99. The van der Waals surface area contributed by atoms with Gasteiger partial charge in [0.15, 0.2) is 0 Å². The summed E-state index contributed by atoms with van der Waals surface area (Å²) in [5, 5.41) is 3.50. The van der Waals surface area contributed by atoms with E-state index in [9.17, 15) is 22.4 Å². The van der Waals surface area contributed by atoms with Crippen molar-refractivity contribution in [1.29, 1.82) is 0 Å². The summed E-state index contributed by atoms with van der Waals surface area (Å²) in [4.78, 5) is 29.1. The Morgan fingerprint density at radius 1 is 0.975 bits per heavy atom. The Bertz CT molecular complexity index is 1410. The van der Waals surface area contributed by atoms with E-state index >= 15 is 0 Å². The number of carbonyl (C=O) groups excluding carboxylic acids is 2. The van der Waals surface area contributed by atoms with Gasteiger partial charge >= 0.3 is 0 Å². The normalized spacial score (nSPS) is 14.5. The molecular formula is C30H33ClFN3O4S. The minimum atomic E-state index is -3.90. The number of rotatable bonds is 11. The maximum atomic E-state index is 14.8. The van der Waals surface area contributed by atoms with Crippen LogP contribution in [0.15, 0.2) is 78.9 Å². The lowest BCUT2D eigenvalue weighted by Crippen LogP contribution is -2.54. The Hall–Kier alpha value is -3.43. The Kier molecular flexibility index (Phi) is 9.81. The van der Waals surface area contributed by atoms with Crippen molar-refractivity contribution in [2.75, 3.05) is 17.1 Å². The lowest BCUT2D eigenvalue weighted by molar-refractivity contribution is -0.140. The lowest BCUT2D eigenvalue weighted by Gasteiger charge is -2.34. The third-order valence-electron chi connectivity index (χ3n) is 7.06. The van der Waals surface area contributed by atoms with E-state index in [0.29, 0.717) is 5.02 Å². The summed E-state index contributed by atoms with van der Waals surface area (Å²) in [7, 11) is -3.90. The number of halogens is 2. The Morgan fingerprint density at radius 2 is 1.60 bits per heavy atom. The van der Waals surface area contributed by atoms with E-state index in [1.54, 1.807) is 18.2 Å². The third kappa shape index (κ3) is 7.82. The van der Waals surface area contributed by atoms with Crippen molar-refractivity contribution in [3.05, 3.63) is 101 Å². The van der Waals surface area contributed by atoms with Gasteiger partial charge in [0.05, 0.1) is 11.9 Å². The van der Waals surface area contributed by atoms with Gasteiger partial charge in [-0.05, 0) is 48.7 Å². The molecule has 1 saturated carbocycles. The molecule has 4 rings (SSSR count). The zero-order chi connectivity index (χ0) is 28.7. The highest BCUT2D eigenvalue weighted by molar-refractivity contribution is 7.92. The topological polar surface area (TPSA) is 86.8 Å². The molecule has 0 heterocycles. The number of hydrogen-bond acceptors (Lipinski definition) is 4. The number of sulfonamides is 1. The number of nitrogens with one attached hydrogen (secondary N) is 1. The van der Waals surface area contributed by atoms with Crippen LogP contribution in [0.5, 0.6) is 0 Å². The smallest absolute Gasteiger partial charge is 0.244 e. The SMILES string of the molecule is CS(=O)(=O)N(CC(=O)N(Cc1ccccc1F)[C@H](Cc1ccccc1)C(=O)NC1CCCC1)c1ccc(Cl)cc1. The number of benzene rings is 3. The molecule has 1 fully saturated rings. The summed E-state index contributed by atoms with van der Waals surface area (Å²) in [5.74, 6) is -1.50. The number of carbonyl (C=O) groups is 2. The van der Waals surface area contributed by atoms with E-state index in [-0.39, 0.29) is 36.2 Å². The van der Waals surface area contributed by atoms with Crippen LogP contribution in [0.4, 0.5) is 10.1 Å². The summed E-state index contributed by atoms with van der Waals surface area (Å²) in [6.45, 7) is -0.782. The minimum Gasteiger partial charge on any atom is -0.352 e. The van der Waals surface area contributed by atoms with Crippen LogP contribution < -0.4 is 9.62 Å². The van der Waals surface area contributed by atoms with Gasteiger partial charge in [-0.15, -0.1) is 0 Å². The Morgan fingerprint density at radius 3 is 2.23 bits per heavy atom. The summed E-state index contributed by atoms with van der Waals surface area (Å²) < 4.78 is 41.4. The maximum Gasteiger partial charge on any atom is 0.244 e. The minimum absolute atomic E-state index is 0.00206. The first kappa shape index (κ1) is 29.6. The molecule has 2 amide bonds. The molecule has 0 aliphatic heterocycles. The lowest BCUT2D eigenvalue weighted by atomic mass is 10.0. The van der Waals surface area contributed by atoms with E-state index in [0.717, 1.165) is 41.8 Å². The second-order valence-corrected chi connectivity index (χ2v) is 12.4. The molecule has 1 aliphatic rings. The molecule has 0 spiro atoms. The van der Waals surface area contributed by atoms with Crippen molar-refractivity contribution in [3.8, 4) is 0 Å². The van der Waals surface area contributed by atoms with Crippen molar-refractivity contribution in [2.24, 2.45) is 0 Å². The quantitative estimate of drug-likeness (QED) is 0.345. The molecule has 0 aromatic heterocycles. The fourth-order valence-electron chi connectivity index (χ4n) is 4.95. The molecule has 1 aliphatic carbocycles. The second-order valence-electron chi connectivity index (χ2n) is 10.1. The molecule has 212 valence electrons. The molecule has 40 heavy (non-hydrogen) atoms. The molecule has 0 bridgehead atoms. The van der Waals surface area contributed by atoms with Crippen LogP contribution >= 0.6 is 11.6 Å². The van der Waals surface area contributed by atoms with Crippen molar-refractivity contribution < 1.29 is 22.4 Å². The first-order valence-electron chi connectivity index (χ1n) is 13.2. The monoisotopic (exact) mass is 585 g/mol. The number of hydrogen-bond donors (Lipinski definition) is 1. The molecule has 0 saturated heterocycles. The summed E-state index contributed by atoms with van der Waals surface area (Å²) in [6.07, 6.45) is 4.91. The first-order valence-corrected chi connectivity index (χ1v) is 15.4. The van der Waals surface area contributed by atoms with Gasteiger partial charge in [0.1, 0.15) is 18.4 Å². The highest BCUT2D eigenvalue weighted by atomic mass is 35.5. The average molecular weight is 586 g/mol. The number of nitrogens with zero attached hydrogens (tertiary/aromatic N) is 2. The molecule has 1 atom stereocenters. The van der Waals surface area contributed by atoms with Gasteiger partial charge in [0.25, 0.3) is 0 Å². The predicted octanol–water partition coefficient (Wildman–Crippen LogP) is 4.94. The highest BCUT2D eigenvalue weighted by Crippen LogP contribution is 2.23. The van der Waals surface area contributed by atoms with Crippen LogP contribution in [0.25, 0.3) is 0 Å². The summed E-state index contributed by atoms with van der Waals surface area (Å²) in [5.41, 5.74) is 1.29. The van der Waals surface area contributed by atoms with Crippen molar-refractivity contribution in [1.82, 2.24) is 10.2 Å². The number of anilines is 1. The molecule has 3 aromatic rings. The van der Waals surface area contributed by atoms with E-state index in [4.69, 9.17) is 11.6 Å². The molecule has 0 unspecified atom stereocenters. The van der Waals surface area contributed by atoms with Crippen LogP contribution in [0.3, 0.4) is 0 Å². The van der Waals surface area contributed by atoms with Crippen LogP contribution in [0.2, 0.25) is 5.02 Å². The van der Waals surface area contributed by atoms with Crippen molar-refractivity contribution in [3.63, 3.8) is 0 Å². The van der Waals surface area contributed by atoms with E-state index < -0.39 is 34.3 Å². The fraction of sp³-hybridized carbons (Fsp3) is 0.333. The van der Waals surface area contributed by atoms with Gasteiger partial charge < -0.3 is 10.2 Å². The van der Waals surface area contributed by atoms with Gasteiger partial charge in [-0.3, -0.25) is 13.9 Å². The van der Waals surface area contributed by atoms with Crippen molar-refractivity contribution >= 4 is 39.1 Å². The van der Waals surface area contributed by atoms with Gasteiger partial charge in [-0.25, -0.2) is 12.8 Å². The maximum absolute atomic E-state index is 14.8. The Labute approximate surface area is 240 Å². The standard InChI is InChI=1S/C30H33ClFN3O4S/c1-40(38,39)35(26-17-15-24(31)16-18-26)21-29(36)34(20-23-11-5-8-14-27(23)32)28(19-22-9-3-2-4-10-22)30(37)33-25-12-6-7-13-25/h2-5,8-11,14-18,25,28H,6-7,12-13,19-21H2,1H3,(H,33,37)/t28-/m1/s1. The third-order valence-corrected chi connectivity index (χ3v) is 8.46. The Balaban J connectivity index is 1.72. The van der Waals surface area contributed by atoms with Crippen LogP contribution in [-0.4, -0.2) is 50.0 Å². The van der Waals surface area contributed by atoms with Crippen molar-refractivity contribution in [2.45, 2.75) is 50.7 Å².